The van der Waals surface area contributed by atoms with Crippen molar-refractivity contribution in [3.05, 3.63) is 23.8 Å². The van der Waals surface area contributed by atoms with E-state index in [0.717, 1.165) is 12.0 Å². The van der Waals surface area contributed by atoms with E-state index in [0.29, 0.717) is 11.5 Å². The summed E-state index contributed by atoms with van der Waals surface area (Å²) < 4.78 is 15.4. The first kappa shape index (κ1) is 13.4. The van der Waals surface area contributed by atoms with Gasteiger partial charge in [0.15, 0.2) is 11.5 Å². The molecule has 102 valence electrons. The molecule has 1 fully saturated rings. The van der Waals surface area contributed by atoms with Crippen molar-refractivity contribution in [3.63, 3.8) is 0 Å². The Morgan fingerprint density at radius 3 is 2.47 bits per heavy atom. The zero-order valence-electron chi connectivity index (χ0n) is 11.1. The number of carbonyl (C=O) groups is 2. The van der Waals surface area contributed by atoms with Gasteiger partial charge < -0.3 is 14.2 Å². The molecule has 0 saturated heterocycles. The Morgan fingerprint density at radius 1 is 1.16 bits per heavy atom. The number of methoxy groups -OCH3 is 1. The molecule has 0 amide bonds. The van der Waals surface area contributed by atoms with Crippen molar-refractivity contribution in [1.29, 1.82) is 0 Å². The Labute approximate surface area is 111 Å². The molecule has 1 aromatic rings. The highest BCUT2D eigenvalue weighted by Gasteiger charge is 2.41. The van der Waals surface area contributed by atoms with Gasteiger partial charge in [-0.05, 0) is 24.1 Å². The van der Waals surface area contributed by atoms with Crippen LogP contribution in [0.2, 0.25) is 0 Å². The molecular weight excluding hydrogens is 248 g/mol. The third-order valence-corrected chi connectivity index (χ3v) is 2.92. The molecule has 1 aliphatic carbocycles. The fourth-order valence-electron chi connectivity index (χ4n) is 2.02. The third-order valence-electron chi connectivity index (χ3n) is 2.92. The second-order valence-electron chi connectivity index (χ2n) is 4.49. The number of hydrogen-bond donors (Lipinski definition) is 0. The maximum absolute atomic E-state index is 11.0. The van der Waals surface area contributed by atoms with Crippen LogP contribution in [0.25, 0.3) is 0 Å². The standard InChI is InChI=1S/C14H16O5/c1-8(15)18-12-5-4-10(6-14(12)17-3)11-7-13(11)19-9(2)16/h4-6,11,13H,7H2,1-3H3/t11-,13-/m0/s1. The second-order valence-corrected chi connectivity index (χ2v) is 4.49. The van der Waals surface area contributed by atoms with E-state index in [-0.39, 0.29) is 18.0 Å². The zero-order valence-corrected chi connectivity index (χ0v) is 11.1. The number of benzene rings is 1. The highest BCUT2D eigenvalue weighted by molar-refractivity contribution is 5.70. The molecule has 0 aliphatic heterocycles. The summed E-state index contributed by atoms with van der Waals surface area (Å²) in [6.07, 6.45) is 0.761. The summed E-state index contributed by atoms with van der Waals surface area (Å²) >= 11 is 0. The Morgan fingerprint density at radius 2 is 1.89 bits per heavy atom. The Bertz CT molecular complexity index is 509. The van der Waals surface area contributed by atoms with Crippen molar-refractivity contribution >= 4 is 11.9 Å². The van der Waals surface area contributed by atoms with Crippen molar-refractivity contribution in [2.75, 3.05) is 7.11 Å². The van der Waals surface area contributed by atoms with Crippen LogP contribution in [0.5, 0.6) is 11.5 Å². The average molecular weight is 264 g/mol. The monoisotopic (exact) mass is 264 g/mol. The minimum atomic E-state index is -0.393. The van der Waals surface area contributed by atoms with Crippen LogP contribution >= 0.6 is 0 Å². The summed E-state index contributed by atoms with van der Waals surface area (Å²) in [5.41, 5.74) is 1.01. The van der Waals surface area contributed by atoms with Crippen LogP contribution < -0.4 is 9.47 Å². The topological polar surface area (TPSA) is 61.8 Å². The summed E-state index contributed by atoms with van der Waals surface area (Å²) in [5, 5.41) is 0. The highest BCUT2D eigenvalue weighted by atomic mass is 16.6. The molecule has 0 heterocycles. The zero-order chi connectivity index (χ0) is 14.0. The van der Waals surface area contributed by atoms with E-state index in [9.17, 15) is 9.59 Å². The minimum Gasteiger partial charge on any atom is -0.493 e. The first-order chi connectivity index (χ1) is 9.01. The van der Waals surface area contributed by atoms with Crippen LogP contribution in [-0.4, -0.2) is 25.2 Å². The van der Waals surface area contributed by atoms with Gasteiger partial charge in [-0.25, -0.2) is 0 Å². The van der Waals surface area contributed by atoms with E-state index in [4.69, 9.17) is 14.2 Å². The van der Waals surface area contributed by atoms with Crippen molar-refractivity contribution < 1.29 is 23.8 Å². The molecule has 1 aromatic carbocycles. The lowest BCUT2D eigenvalue weighted by Gasteiger charge is -2.10. The second kappa shape index (κ2) is 5.30. The van der Waals surface area contributed by atoms with E-state index in [1.165, 1.54) is 21.0 Å². The predicted octanol–water partition coefficient (Wildman–Crippen LogP) is 2.04. The third kappa shape index (κ3) is 3.24. The minimum absolute atomic E-state index is 0.0539. The molecule has 0 unspecified atom stereocenters. The van der Waals surface area contributed by atoms with Crippen LogP contribution in [0.4, 0.5) is 0 Å². The maximum atomic E-state index is 11.0. The maximum Gasteiger partial charge on any atom is 0.308 e. The number of ether oxygens (including phenoxy) is 3. The van der Waals surface area contributed by atoms with Crippen molar-refractivity contribution in [2.24, 2.45) is 0 Å². The molecule has 2 rings (SSSR count). The summed E-state index contributed by atoms with van der Waals surface area (Å²) in [7, 11) is 1.52. The quantitative estimate of drug-likeness (QED) is 0.615. The molecule has 1 aliphatic rings. The van der Waals surface area contributed by atoms with Crippen molar-refractivity contribution in [1.82, 2.24) is 0 Å². The van der Waals surface area contributed by atoms with Gasteiger partial charge >= 0.3 is 11.9 Å². The van der Waals surface area contributed by atoms with Crippen LogP contribution in [0.15, 0.2) is 18.2 Å². The lowest BCUT2D eigenvalue weighted by molar-refractivity contribution is -0.142. The molecule has 1 saturated carbocycles. The molecule has 0 N–H and O–H groups in total. The van der Waals surface area contributed by atoms with Gasteiger partial charge in [-0.2, -0.15) is 0 Å². The number of carbonyl (C=O) groups excluding carboxylic acids is 2. The van der Waals surface area contributed by atoms with Gasteiger partial charge in [0, 0.05) is 19.8 Å². The summed E-state index contributed by atoms with van der Waals surface area (Å²) in [4.78, 5) is 21.8. The van der Waals surface area contributed by atoms with Crippen LogP contribution in [0.1, 0.15) is 31.7 Å². The van der Waals surface area contributed by atoms with Gasteiger partial charge in [0.25, 0.3) is 0 Å². The van der Waals surface area contributed by atoms with E-state index >= 15 is 0 Å². The SMILES string of the molecule is COc1cc([C@@H]2C[C@@H]2OC(C)=O)ccc1OC(C)=O. The summed E-state index contributed by atoms with van der Waals surface area (Å²) in [5.74, 6) is 0.431. The average Bonchev–Trinajstić information content (AvgIpc) is 3.07. The van der Waals surface area contributed by atoms with Gasteiger partial charge in [0.05, 0.1) is 7.11 Å². The van der Waals surface area contributed by atoms with E-state index in [1.54, 1.807) is 6.07 Å². The predicted molar refractivity (Wildman–Crippen MR) is 67.2 cm³/mol. The molecule has 0 bridgehead atoms. The fourth-order valence-corrected chi connectivity index (χ4v) is 2.02. The summed E-state index contributed by atoms with van der Waals surface area (Å²) in [6.45, 7) is 2.74. The largest absolute Gasteiger partial charge is 0.493 e. The highest BCUT2D eigenvalue weighted by Crippen LogP contribution is 2.45. The van der Waals surface area contributed by atoms with Crippen LogP contribution in [0, 0.1) is 0 Å². The molecule has 0 radical (unpaired) electrons. The van der Waals surface area contributed by atoms with Gasteiger partial charge in [-0.15, -0.1) is 0 Å². The molecular formula is C14H16O5. The lowest BCUT2D eigenvalue weighted by Crippen LogP contribution is -2.04. The van der Waals surface area contributed by atoms with Gasteiger partial charge in [-0.3, -0.25) is 9.59 Å². The number of esters is 2. The molecule has 2 atom stereocenters. The normalized spacial score (nSPS) is 20.6. The van der Waals surface area contributed by atoms with Crippen molar-refractivity contribution in [3.8, 4) is 11.5 Å². The first-order valence-corrected chi connectivity index (χ1v) is 6.05. The molecule has 5 heteroatoms. The van der Waals surface area contributed by atoms with Crippen LogP contribution in [0.3, 0.4) is 0 Å². The Kier molecular flexibility index (Phi) is 3.74. The van der Waals surface area contributed by atoms with Gasteiger partial charge in [0.1, 0.15) is 6.10 Å². The molecule has 0 spiro atoms. The Hall–Kier alpha value is -2.04. The van der Waals surface area contributed by atoms with E-state index in [2.05, 4.69) is 0 Å². The lowest BCUT2D eigenvalue weighted by atomic mass is 10.1. The molecule has 0 aromatic heterocycles. The fraction of sp³-hybridized carbons (Fsp3) is 0.429. The van der Waals surface area contributed by atoms with Crippen molar-refractivity contribution in [2.45, 2.75) is 32.3 Å². The number of rotatable bonds is 4. The first-order valence-electron chi connectivity index (χ1n) is 6.05. The smallest absolute Gasteiger partial charge is 0.308 e. The van der Waals surface area contributed by atoms with E-state index in [1.807, 2.05) is 12.1 Å². The number of hydrogen-bond acceptors (Lipinski definition) is 5. The molecule has 19 heavy (non-hydrogen) atoms. The summed E-state index contributed by atoms with van der Waals surface area (Å²) in [6, 6.07) is 5.36. The Balaban J connectivity index is 2.12. The van der Waals surface area contributed by atoms with Gasteiger partial charge in [0.2, 0.25) is 0 Å². The molecule has 5 nitrogen and oxygen atoms in total. The van der Waals surface area contributed by atoms with Gasteiger partial charge in [-0.1, -0.05) is 6.07 Å². The van der Waals surface area contributed by atoms with E-state index < -0.39 is 5.97 Å². The van der Waals surface area contributed by atoms with Crippen LogP contribution in [-0.2, 0) is 14.3 Å².